The molecule has 0 fully saturated rings. The number of methoxy groups -OCH3 is 2. The van der Waals surface area contributed by atoms with Crippen LogP contribution in [0.5, 0.6) is 0 Å². The molecule has 1 heterocycles. The van der Waals surface area contributed by atoms with E-state index in [9.17, 15) is 9.59 Å². The molecule has 0 amide bonds. The van der Waals surface area contributed by atoms with E-state index in [1.807, 2.05) is 41.3 Å². The highest BCUT2D eigenvalue weighted by atomic mass is 16.5. The molecule has 0 N–H and O–H groups in total. The van der Waals surface area contributed by atoms with Crippen molar-refractivity contribution in [1.82, 2.24) is 9.80 Å². The third-order valence-electron chi connectivity index (χ3n) is 5.24. The Morgan fingerprint density at radius 3 is 1.87 bits per heavy atom. The molecule has 0 unspecified atom stereocenters. The van der Waals surface area contributed by atoms with Crippen molar-refractivity contribution in [3.8, 4) is 0 Å². The third kappa shape index (κ3) is 5.48. The van der Waals surface area contributed by atoms with Crippen molar-refractivity contribution in [3.05, 3.63) is 83.1 Å². The zero-order chi connectivity index (χ0) is 21.3. The largest absolute Gasteiger partial charge is 0.466 e. The number of esters is 2. The molecule has 3 rings (SSSR count). The molecule has 2 aromatic carbocycles. The number of benzene rings is 2. The van der Waals surface area contributed by atoms with Gasteiger partial charge in [-0.2, -0.15) is 0 Å². The number of ether oxygens (including phenoxy) is 2. The molecule has 0 aromatic heterocycles. The van der Waals surface area contributed by atoms with Gasteiger partial charge in [0.1, 0.15) is 5.70 Å². The molecule has 6 heteroatoms. The van der Waals surface area contributed by atoms with Crippen LogP contribution in [0.4, 0.5) is 0 Å². The van der Waals surface area contributed by atoms with E-state index in [1.165, 1.54) is 25.3 Å². The number of nitrogens with zero attached hydrogens (tertiary/aromatic N) is 2. The Morgan fingerprint density at radius 1 is 0.800 bits per heavy atom. The van der Waals surface area contributed by atoms with Crippen LogP contribution in [0.15, 0.2) is 71.9 Å². The summed E-state index contributed by atoms with van der Waals surface area (Å²) in [6.07, 6.45) is 1.61. The Morgan fingerprint density at radius 2 is 1.33 bits per heavy atom. The molecular weight excluding hydrogens is 380 g/mol. The number of carbonyl (C=O) groups excluding carboxylic acids is 2. The standard InChI is InChI=1S/C24H28N2O4/c1-29-23(27)21-17-25(15-13-19-9-5-3-6-10-19)18-26(22(21)24(28)30-2)16-14-20-11-7-4-8-12-20/h3-12H,13-18H2,1-2H3. The van der Waals surface area contributed by atoms with Gasteiger partial charge in [-0.3, -0.25) is 4.90 Å². The fraction of sp³-hybridized carbons (Fsp3) is 0.333. The lowest BCUT2D eigenvalue weighted by molar-refractivity contribution is -0.142. The summed E-state index contributed by atoms with van der Waals surface area (Å²) in [4.78, 5) is 29.1. The molecule has 0 saturated heterocycles. The second-order valence-corrected chi connectivity index (χ2v) is 7.24. The van der Waals surface area contributed by atoms with Crippen molar-refractivity contribution in [2.45, 2.75) is 12.8 Å². The Labute approximate surface area is 177 Å². The summed E-state index contributed by atoms with van der Waals surface area (Å²) in [5.41, 5.74) is 3.05. The number of carbonyl (C=O) groups is 2. The van der Waals surface area contributed by atoms with Crippen LogP contribution in [0.2, 0.25) is 0 Å². The van der Waals surface area contributed by atoms with Gasteiger partial charge in [-0.15, -0.1) is 0 Å². The minimum atomic E-state index is -0.508. The Hall–Kier alpha value is -3.12. The molecule has 0 bridgehead atoms. The first-order valence-electron chi connectivity index (χ1n) is 10.1. The Balaban J connectivity index is 1.82. The van der Waals surface area contributed by atoms with Crippen molar-refractivity contribution in [3.63, 3.8) is 0 Å². The van der Waals surface area contributed by atoms with E-state index in [1.54, 1.807) is 0 Å². The summed E-state index contributed by atoms with van der Waals surface area (Å²) in [7, 11) is 2.67. The van der Waals surface area contributed by atoms with Gasteiger partial charge in [0.05, 0.1) is 26.5 Å². The van der Waals surface area contributed by atoms with E-state index < -0.39 is 11.9 Å². The van der Waals surface area contributed by atoms with Crippen molar-refractivity contribution in [2.75, 3.05) is 40.5 Å². The molecule has 0 radical (unpaired) electrons. The highest BCUT2D eigenvalue weighted by Gasteiger charge is 2.33. The molecule has 0 saturated carbocycles. The molecule has 0 atom stereocenters. The van der Waals surface area contributed by atoms with Crippen LogP contribution in [0.1, 0.15) is 11.1 Å². The molecule has 1 aliphatic heterocycles. The molecule has 1 aliphatic rings. The summed E-state index contributed by atoms with van der Waals surface area (Å²) in [6, 6.07) is 20.3. The number of rotatable bonds is 8. The fourth-order valence-electron chi connectivity index (χ4n) is 3.66. The van der Waals surface area contributed by atoms with Crippen molar-refractivity contribution >= 4 is 11.9 Å². The Kier molecular flexibility index (Phi) is 7.63. The van der Waals surface area contributed by atoms with Crippen LogP contribution in [0.3, 0.4) is 0 Å². The predicted molar refractivity (Wildman–Crippen MR) is 114 cm³/mol. The van der Waals surface area contributed by atoms with E-state index in [2.05, 4.69) is 29.2 Å². The number of hydrogen-bond donors (Lipinski definition) is 0. The molecule has 0 spiro atoms. The van der Waals surface area contributed by atoms with Gasteiger partial charge in [-0.25, -0.2) is 9.59 Å². The minimum absolute atomic E-state index is 0.302. The topological polar surface area (TPSA) is 59.1 Å². The van der Waals surface area contributed by atoms with Gasteiger partial charge in [-0.1, -0.05) is 60.7 Å². The van der Waals surface area contributed by atoms with Crippen LogP contribution >= 0.6 is 0 Å². The van der Waals surface area contributed by atoms with E-state index >= 15 is 0 Å². The molecule has 6 nitrogen and oxygen atoms in total. The monoisotopic (exact) mass is 408 g/mol. The molecule has 30 heavy (non-hydrogen) atoms. The SMILES string of the molecule is COC(=O)C1=C(C(=O)OC)N(CCc2ccccc2)CN(CCc2ccccc2)C1. The predicted octanol–water partition coefficient (Wildman–Crippen LogP) is 2.65. The number of hydrogen-bond acceptors (Lipinski definition) is 6. The van der Waals surface area contributed by atoms with Gasteiger partial charge in [0.2, 0.25) is 0 Å². The van der Waals surface area contributed by atoms with Gasteiger partial charge < -0.3 is 14.4 Å². The molecular formula is C24H28N2O4. The maximum Gasteiger partial charge on any atom is 0.354 e. The lowest BCUT2D eigenvalue weighted by atomic mass is 10.1. The van der Waals surface area contributed by atoms with Crippen LogP contribution in [-0.2, 0) is 31.9 Å². The maximum atomic E-state index is 12.6. The summed E-state index contributed by atoms with van der Waals surface area (Å²) >= 11 is 0. The fourth-order valence-corrected chi connectivity index (χ4v) is 3.66. The molecule has 2 aromatic rings. The van der Waals surface area contributed by atoms with Gasteiger partial charge >= 0.3 is 11.9 Å². The normalized spacial score (nSPS) is 14.5. The average Bonchev–Trinajstić information content (AvgIpc) is 2.81. The van der Waals surface area contributed by atoms with E-state index in [0.717, 1.165) is 19.4 Å². The van der Waals surface area contributed by atoms with Gasteiger partial charge in [0.25, 0.3) is 0 Å². The second-order valence-electron chi connectivity index (χ2n) is 7.24. The zero-order valence-electron chi connectivity index (χ0n) is 17.5. The highest BCUT2D eigenvalue weighted by Crippen LogP contribution is 2.22. The van der Waals surface area contributed by atoms with E-state index in [-0.39, 0.29) is 0 Å². The van der Waals surface area contributed by atoms with Crippen LogP contribution < -0.4 is 0 Å². The van der Waals surface area contributed by atoms with E-state index in [4.69, 9.17) is 9.47 Å². The third-order valence-corrected chi connectivity index (χ3v) is 5.24. The van der Waals surface area contributed by atoms with Crippen LogP contribution in [0.25, 0.3) is 0 Å². The first kappa shape index (κ1) is 21.6. The minimum Gasteiger partial charge on any atom is -0.466 e. The van der Waals surface area contributed by atoms with Crippen LogP contribution in [0, 0.1) is 0 Å². The quantitative estimate of drug-likeness (QED) is 0.626. The van der Waals surface area contributed by atoms with E-state index in [0.29, 0.717) is 31.0 Å². The Bertz CT molecular complexity index is 881. The first-order chi connectivity index (χ1) is 14.6. The molecule has 0 aliphatic carbocycles. The average molecular weight is 408 g/mol. The van der Waals surface area contributed by atoms with Crippen molar-refractivity contribution in [1.29, 1.82) is 0 Å². The van der Waals surface area contributed by atoms with Crippen LogP contribution in [-0.4, -0.2) is 62.3 Å². The maximum absolute atomic E-state index is 12.6. The smallest absolute Gasteiger partial charge is 0.354 e. The second kappa shape index (κ2) is 10.6. The lowest BCUT2D eigenvalue weighted by Gasteiger charge is -2.38. The molecule has 158 valence electrons. The summed E-state index contributed by atoms with van der Waals surface area (Å²) in [6.45, 7) is 2.26. The first-order valence-corrected chi connectivity index (χ1v) is 10.1. The zero-order valence-corrected chi connectivity index (χ0v) is 17.5. The highest BCUT2D eigenvalue weighted by molar-refractivity contribution is 6.00. The summed E-state index contributed by atoms with van der Waals surface area (Å²) in [5, 5.41) is 0. The van der Waals surface area contributed by atoms with Gasteiger partial charge in [0.15, 0.2) is 0 Å². The van der Waals surface area contributed by atoms with Crippen molar-refractivity contribution < 1.29 is 19.1 Å². The van der Waals surface area contributed by atoms with Gasteiger partial charge in [0, 0.05) is 19.6 Å². The van der Waals surface area contributed by atoms with Gasteiger partial charge in [-0.05, 0) is 24.0 Å². The lowest BCUT2D eigenvalue weighted by Crippen LogP contribution is -2.48. The van der Waals surface area contributed by atoms with Crippen molar-refractivity contribution in [2.24, 2.45) is 0 Å². The summed E-state index contributed by atoms with van der Waals surface area (Å²) in [5.74, 6) is -1.00. The summed E-state index contributed by atoms with van der Waals surface area (Å²) < 4.78 is 9.98.